The lowest BCUT2D eigenvalue weighted by atomic mass is 9.95. The van der Waals surface area contributed by atoms with Crippen molar-refractivity contribution in [3.8, 4) is 5.69 Å². The van der Waals surface area contributed by atoms with Gasteiger partial charge in [-0.25, -0.2) is 4.68 Å². The third-order valence-corrected chi connectivity index (χ3v) is 3.60. The molecule has 0 radical (unpaired) electrons. The van der Waals surface area contributed by atoms with E-state index in [0.29, 0.717) is 0 Å². The number of hydrogen-bond acceptors (Lipinski definition) is 3. The Morgan fingerprint density at radius 1 is 1.25 bits per heavy atom. The molecule has 0 aliphatic rings. The first-order valence-electron chi connectivity index (χ1n) is 6.98. The molecule has 0 bridgehead atoms. The van der Waals surface area contributed by atoms with Gasteiger partial charge in [0.25, 0.3) is 0 Å². The lowest BCUT2D eigenvalue weighted by Crippen LogP contribution is -2.41. The van der Waals surface area contributed by atoms with Gasteiger partial charge >= 0.3 is 0 Å². The quantitative estimate of drug-likeness (QED) is 0.879. The number of nitrogens with zero attached hydrogens (tertiary/aromatic N) is 2. The van der Waals surface area contributed by atoms with Crippen molar-refractivity contribution in [1.82, 2.24) is 15.1 Å². The summed E-state index contributed by atoms with van der Waals surface area (Å²) in [7, 11) is 1.74. The molecule has 0 aliphatic heterocycles. The molecule has 0 fully saturated rings. The summed E-state index contributed by atoms with van der Waals surface area (Å²) in [5, 5.41) is 7.96. The monoisotopic (exact) mass is 273 g/mol. The number of ether oxygens (including phenoxy) is 1. The molecule has 1 aromatic heterocycles. The Bertz CT molecular complexity index is 534. The molecule has 1 unspecified atom stereocenters. The van der Waals surface area contributed by atoms with Crippen molar-refractivity contribution < 1.29 is 4.74 Å². The predicted octanol–water partition coefficient (Wildman–Crippen LogP) is 2.95. The van der Waals surface area contributed by atoms with Gasteiger partial charge in [0.05, 0.1) is 23.0 Å². The van der Waals surface area contributed by atoms with E-state index in [9.17, 15) is 0 Å². The molecule has 0 saturated heterocycles. The van der Waals surface area contributed by atoms with E-state index in [1.54, 1.807) is 7.11 Å². The predicted molar refractivity (Wildman–Crippen MR) is 81.1 cm³/mol. The maximum absolute atomic E-state index is 5.66. The minimum Gasteiger partial charge on any atom is -0.377 e. The summed E-state index contributed by atoms with van der Waals surface area (Å²) in [5.41, 5.74) is 1.84. The van der Waals surface area contributed by atoms with Crippen molar-refractivity contribution in [3.63, 3.8) is 0 Å². The SMILES string of the molecule is CCNC(c1ccnn1-c1ccccc1)C(C)(C)OC. The fourth-order valence-corrected chi connectivity index (χ4v) is 2.35. The molecular formula is C16H23N3O. The van der Waals surface area contributed by atoms with Crippen LogP contribution in [0.1, 0.15) is 32.5 Å². The van der Waals surface area contributed by atoms with Gasteiger partial charge in [-0.2, -0.15) is 5.10 Å². The number of rotatable bonds is 6. The van der Waals surface area contributed by atoms with Crippen LogP contribution in [-0.2, 0) is 4.74 Å². The summed E-state index contributed by atoms with van der Waals surface area (Å²) in [6, 6.07) is 12.3. The van der Waals surface area contributed by atoms with E-state index < -0.39 is 0 Å². The highest BCUT2D eigenvalue weighted by Crippen LogP contribution is 2.29. The molecule has 108 valence electrons. The average molecular weight is 273 g/mol. The number of likely N-dealkylation sites (N-methyl/N-ethyl adjacent to an activating group) is 1. The van der Waals surface area contributed by atoms with Crippen LogP contribution >= 0.6 is 0 Å². The Labute approximate surface area is 120 Å². The summed E-state index contributed by atoms with van der Waals surface area (Å²) >= 11 is 0. The summed E-state index contributed by atoms with van der Waals surface area (Å²) in [5.74, 6) is 0. The number of methoxy groups -OCH3 is 1. The van der Waals surface area contributed by atoms with Crippen molar-refractivity contribution >= 4 is 0 Å². The maximum Gasteiger partial charge on any atom is 0.0832 e. The molecule has 2 aromatic rings. The zero-order valence-electron chi connectivity index (χ0n) is 12.6. The standard InChI is InChI=1S/C16H23N3O/c1-5-17-15(16(2,3)20-4)14-11-12-18-19(14)13-9-7-6-8-10-13/h6-12,15,17H,5H2,1-4H3. The van der Waals surface area contributed by atoms with E-state index >= 15 is 0 Å². The molecular weight excluding hydrogens is 250 g/mol. The molecule has 0 spiro atoms. The smallest absolute Gasteiger partial charge is 0.0832 e. The Kier molecular flexibility index (Phi) is 4.57. The van der Waals surface area contributed by atoms with Gasteiger partial charge < -0.3 is 10.1 Å². The second-order valence-corrected chi connectivity index (χ2v) is 5.30. The van der Waals surface area contributed by atoms with Crippen LogP contribution in [0.25, 0.3) is 5.69 Å². The molecule has 4 nitrogen and oxygen atoms in total. The highest BCUT2D eigenvalue weighted by molar-refractivity contribution is 5.33. The van der Waals surface area contributed by atoms with E-state index in [2.05, 4.69) is 43.3 Å². The number of nitrogens with one attached hydrogen (secondary N) is 1. The zero-order valence-corrected chi connectivity index (χ0v) is 12.6. The van der Waals surface area contributed by atoms with Crippen LogP contribution < -0.4 is 5.32 Å². The highest BCUT2D eigenvalue weighted by Gasteiger charge is 2.32. The number of aromatic nitrogens is 2. The molecule has 20 heavy (non-hydrogen) atoms. The molecule has 1 atom stereocenters. The number of benzene rings is 1. The van der Waals surface area contributed by atoms with Gasteiger partial charge in [-0.1, -0.05) is 25.1 Å². The summed E-state index contributed by atoms with van der Waals surface area (Å²) in [4.78, 5) is 0. The Balaban J connectivity index is 2.43. The first-order valence-corrected chi connectivity index (χ1v) is 6.98. The third-order valence-electron chi connectivity index (χ3n) is 3.60. The van der Waals surface area contributed by atoms with Gasteiger partial charge in [0, 0.05) is 13.3 Å². The summed E-state index contributed by atoms with van der Waals surface area (Å²) < 4.78 is 7.63. The second-order valence-electron chi connectivity index (χ2n) is 5.30. The van der Waals surface area contributed by atoms with Gasteiger partial charge in [0.15, 0.2) is 0 Å². The van der Waals surface area contributed by atoms with Crippen LogP contribution in [0.15, 0.2) is 42.6 Å². The van der Waals surface area contributed by atoms with Crippen LogP contribution in [0.3, 0.4) is 0 Å². The number of hydrogen-bond donors (Lipinski definition) is 1. The van der Waals surface area contributed by atoms with Gasteiger partial charge in [-0.3, -0.25) is 0 Å². The first kappa shape index (κ1) is 14.8. The molecule has 1 heterocycles. The van der Waals surface area contributed by atoms with Crippen molar-refractivity contribution in [3.05, 3.63) is 48.3 Å². The largest absolute Gasteiger partial charge is 0.377 e. The second kappa shape index (κ2) is 6.20. The van der Waals surface area contributed by atoms with E-state index in [-0.39, 0.29) is 11.6 Å². The molecule has 1 N–H and O–H groups in total. The topological polar surface area (TPSA) is 39.1 Å². The Hall–Kier alpha value is -1.65. The zero-order chi connectivity index (χ0) is 14.6. The van der Waals surface area contributed by atoms with E-state index in [1.165, 1.54) is 0 Å². The summed E-state index contributed by atoms with van der Waals surface area (Å²) in [6.45, 7) is 7.14. The van der Waals surface area contributed by atoms with Gasteiger partial charge in [0.1, 0.15) is 0 Å². The normalized spacial score (nSPS) is 13.4. The average Bonchev–Trinajstić information content (AvgIpc) is 2.94. The fourth-order valence-electron chi connectivity index (χ4n) is 2.35. The van der Waals surface area contributed by atoms with Crippen LogP contribution in [0.2, 0.25) is 0 Å². The maximum atomic E-state index is 5.66. The molecule has 4 heteroatoms. The van der Waals surface area contributed by atoms with Gasteiger partial charge in [-0.15, -0.1) is 0 Å². The molecule has 0 saturated carbocycles. The molecule has 1 aromatic carbocycles. The first-order chi connectivity index (χ1) is 9.60. The Morgan fingerprint density at radius 2 is 1.95 bits per heavy atom. The lowest BCUT2D eigenvalue weighted by Gasteiger charge is -2.34. The lowest BCUT2D eigenvalue weighted by molar-refractivity contribution is -0.0124. The minimum absolute atomic E-state index is 0.0696. The van der Waals surface area contributed by atoms with E-state index in [1.807, 2.05) is 35.1 Å². The Morgan fingerprint density at radius 3 is 2.55 bits per heavy atom. The highest BCUT2D eigenvalue weighted by atomic mass is 16.5. The molecule has 0 amide bonds. The van der Waals surface area contributed by atoms with Crippen molar-refractivity contribution in [1.29, 1.82) is 0 Å². The van der Waals surface area contributed by atoms with Crippen LogP contribution in [-0.4, -0.2) is 29.0 Å². The van der Waals surface area contributed by atoms with Crippen LogP contribution in [0.4, 0.5) is 0 Å². The van der Waals surface area contributed by atoms with E-state index in [0.717, 1.165) is 17.9 Å². The van der Waals surface area contributed by atoms with Gasteiger partial charge in [-0.05, 0) is 38.6 Å². The molecule has 2 rings (SSSR count). The minimum atomic E-state index is -0.317. The fraction of sp³-hybridized carbons (Fsp3) is 0.438. The third kappa shape index (κ3) is 2.92. The van der Waals surface area contributed by atoms with Crippen LogP contribution in [0, 0.1) is 0 Å². The van der Waals surface area contributed by atoms with Crippen LogP contribution in [0.5, 0.6) is 0 Å². The van der Waals surface area contributed by atoms with E-state index in [4.69, 9.17) is 4.74 Å². The van der Waals surface area contributed by atoms with Crippen molar-refractivity contribution in [2.24, 2.45) is 0 Å². The molecule has 0 aliphatic carbocycles. The van der Waals surface area contributed by atoms with Crippen molar-refractivity contribution in [2.75, 3.05) is 13.7 Å². The number of para-hydroxylation sites is 1. The van der Waals surface area contributed by atoms with Crippen molar-refractivity contribution in [2.45, 2.75) is 32.4 Å². The van der Waals surface area contributed by atoms with Gasteiger partial charge in [0.2, 0.25) is 0 Å². The summed E-state index contributed by atoms with van der Waals surface area (Å²) in [6.07, 6.45) is 1.83.